The number of hydrogen-bond acceptors (Lipinski definition) is 4. The summed E-state index contributed by atoms with van der Waals surface area (Å²) in [5.74, 6) is 1.08. The van der Waals surface area contributed by atoms with Crippen LogP contribution in [0.15, 0.2) is 42.5 Å². The fourth-order valence-corrected chi connectivity index (χ4v) is 5.64. The molecule has 36 heavy (non-hydrogen) atoms. The molecule has 0 spiro atoms. The Morgan fingerprint density at radius 3 is 2.36 bits per heavy atom. The second-order valence-electron chi connectivity index (χ2n) is 11.3. The number of carbonyl (C=O) groups excluding carboxylic acids is 2. The van der Waals surface area contributed by atoms with Gasteiger partial charge in [-0.3, -0.25) is 9.59 Å². The van der Waals surface area contributed by atoms with Crippen molar-refractivity contribution in [3.05, 3.63) is 64.7 Å². The number of fused-ring (bicyclic) bond motifs is 1. The lowest BCUT2D eigenvalue weighted by molar-refractivity contribution is 0.0917. The van der Waals surface area contributed by atoms with Gasteiger partial charge in [0.25, 0.3) is 5.91 Å². The molecule has 2 aromatic rings. The van der Waals surface area contributed by atoms with Crippen LogP contribution in [0.3, 0.4) is 0 Å². The zero-order valence-corrected chi connectivity index (χ0v) is 22.6. The van der Waals surface area contributed by atoms with E-state index < -0.39 is 0 Å². The van der Waals surface area contributed by atoms with E-state index in [1.807, 2.05) is 63.2 Å². The van der Waals surface area contributed by atoms with Crippen LogP contribution < -0.4 is 10.2 Å². The Hall–Kier alpha value is -2.66. The van der Waals surface area contributed by atoms with E-state index >= 15 is 0 Å². The number of benzene rings is 2. The van der Waals surface area contributed by atoms with E-state index in [1.54, 1.807) is 0 Å². The van der Waals surface area contributed by atoms with Crippen molar-refractivity contribution >= 4 is 17.4 Å². The lowest BCUT2D eigenvalue weighted by Crippen LogP contribution is -2.38. The highest BCUT2D eigenvalue weighted by Gasteiger charge is 2.24. The van der Waals surface area contributed by atoms with Gasteiger partial charge in [-0.15, -0.1) is 0 Å². The topological polar surface area (TPSA) is 52.7 Å². The summed E-state index contributed by atoms with van der Waals surface area (Å²) in [6, 6.07) is 14.5. The molecule has 0 atom stereocenters. The van der Waals surface area contributed by atoms with Gasteiger partial charge < -0.3 is 15.1 Å². The Morgan fingerprint density at radius 1 is 0.944 bits per heavy atom. The molecule has 5 nitrogen and oxygen atoms in total. The first-order valence-electron chi connectivity index (χ1n) is 13.8. The van der Waals surface area contributed by atoms with Crippen molar-refractivity contribution in [1.82, 2.24) is 10.2 Å². The molecular weight excluding hydrogens is 446 g/mol. The number of ketones is 1. The first-order valence-corrected chi connectivity index (χ1v) is 13.8. The normalized spacial score (nSPS) is 20.5. The first kappa shape index (κ1) is 26.4. The average Bonchev–Trinajstić information content (AvgIpc) is 3.09. The zero-order chi connectivity index (χ0) is 25.7. The van der Waals surface area contributed by atoms with E-state index in [0.29, 0.717) is 0 Å². The molecule has 0 unspecified atom stereocenters. The number of carbonyl (C=O) groups is 2. The van der Waals surface area contributed by atoms with Crippen LogP contribution in [-0.4, -0.2) is 56.4 Å². The number of rotatable bonds is 8. The fraction of sp³-hybridized carbons (Fsp3) is 0.548. The van der Waals surface area contributed by atoms with Gasteiger partial charge in [0.1, 0.15) is 0 Å². The zero-order valence-electron chi connectivity index (χ0n) is 22.6. The van der Waals surface area contributed by atoms with Gasteiger partial charge in [0.15, 0.2) is 5.78 Å². The molecule has 1 aliphatic carbocycles. The minimum Gasteiger partial charge on any atom is -0.378 e. The molecule has 2 aliphatic rings. The number of amides is 1. The summed E-state index contributed by atoms with van der Waals surface area (Å²) in [4.78, 5) is 29.8. The third-order valence-electron chi connectivity index (χ3n) is 8.07. The Bertz CT molecular complexity index is 1050. The molecule has 1 saturated carbocycles. The molecule has 1 aliphatic heterocycles. The Kier molecular flexibility index (Phi) is 8.84. The van der Waals surface area contributed by atoms with Crippen LogP contribution in [0.5, 0.6) is 0 Å². The molecule has 0 aromatic heterocycles. The predicted molar refractivity (Wildman–Crippen MR) is 148 cm³/mol. The number of nitrogens with one attached hydrogen (secondary N) is 1. The standard InChI is InChI=1S/C31H43N3O2/c1-22(2)30(35)26-11-10-24-15-18-34(19-16-25(24)20-26)17-14-23-8-12-28(13-9-23)32-31(36)27-6-5-7-29(21-27)33(3)4/h5-7,10-11,20-23,28H,8-9,12-19H2,1-4H3,(H,32,36)/t23-,28-. The summed E-state index contributed by atoms with van der Waals surface area (Å²) in [5, 5.41) is 3.27. The highest BCUT2D eigenvalue weighted by Crippen LogP contribution is 2.28. The van der Waals surface area contributed by atoms with Crippen molar-refractivity contribution < 1.29 is 9.59 Å². The fourth-order valence-electron chi connectivity index (χ4n) is 5.64. The van der Waals surface area contributed by atoms with Crippen LogP contribution in [0.25, 0.3) is 0 Å². The van der Waals surface area contributed by atoms with Crippen LogP contribution in [0.2, 0.25) is 0 Å². The van der Waals surface area contributed by atoms with Gasteiger partial charge in [-0.05, 0) is 92.8 Å². The predicted octanol–water partition coefficient (Wildman–Crippen LogP) is 5.37. The maximum Gasteiger partial charge on any atom is 0.251 e. The van der Waals surface area contributed by atoms with Gasteiger partial charge in [0, 0.05) is 56.0 Å². The molecule has 1 amide bonds. The molecule has 1 fully saturated rings. The van der Waals surface area contributed by atoms with Gasteiger partial charge in [-0.2, -0.15) is 0 Å². The van der Waals surface area contributed by atoms with Crippen LogP contribution in [-0.2, 0) is 12.8 Å². The molecule has 1 N–H and O–H groups in total. The van der Waals surface area contributed by atoms with Crippen LogP contribution in [0.1, 0.15) is 77.8 Å². The van der Waals surface area contributed by atoms with Crippen molar-refractivity contribution in [3.63, 3.8) is 0 Å². The van der Waals surface area contributed by atoms with Crippen LogP contribution >= 0.6 is 0 Å². The molecular formula is C31H43N3O2. The maximum absolute atomic E-state index is 12.8. The smallest absolute Gasteiger partial charge is 0.251 e. The second-order valence-corrected chi connectivity index (χ2v) is 11.3. The third kappa shape index (κ3) is 6.76. The van der Waals surface area contributed by atoms with Gasteiger partial charge in [-0.1, -0.05) is 32.0 Å². The summed E-state index contributed by atoms with van der Waals surface area (Å²) >= 11 is 0. The SMILES string of the molecule is CC(C)C(=O)c1ccc2c(c1)CCN(CC[C@H]1CC[C@H](NC(=O)c3cccc(N(C)C)c3)CC1)CC2. The minimum absolute atomic E-state index is 0.0445. The van der Waals surface area contributed by atoms with Crippen LogP contribution in [0, 0.1) is 11.8 Å². The van der Waals surface area contributed by atoms with Gasteiger partial charge in [-0.25, -0.2) is 0 Å². The summed E-state index contributed by atoms with van der Waals surface area (Å²) in [7, 11) is 3.99. The molecule has 0 bridgehead atoms. The van der Waals surface area contributed by atoms with Gasteiger partial charge in [0.05, 0.1) is 0 Å². The first-order chi connectivity index (χ1) is 17.3. The van der Waals surface area contributed by atoms with E-state index in [1.165, 1.54) is 30.4 Å². The van der Waals surface area contributed by atoms with Crippen molar-refractivity contribution in [2.45, 2.75) is 64.8 Å². The molecule has 4 rings (SSSR count). The molecule has 194 valence electrons. The van der Waals surface area contributed by atoms with E-state index in [2.05, 4.69) is 22.3 Å². The Labute approximate surface area is 217 Å². The Balaban J connectivity index is 1.20. The monoisotopic (exact) mass is 489 g/mol. The molecule has 1 heterocycles. The van der Waals surface area contributed by atoms with Crippen molar-refractivity contribution in [1.29, 1.82) is 0 Å². The number of anilines is 1. The van der Waals surface area contributed by atoms with Crippen molar-refractivity contribution in [2.24, 2.45) is 11.8 Å². The summed E-state index contributed by atoms with van der Waals surface area (Å²) in [6.07, 6.45) is 7.86. The van der Waals surface area contributed by atoms with Gasteiger partial charge >= 0.3 is 0 Å². The van der Waals surface area contributed by atoms with Gasteiger partial charge in [0.2, 0.25) is 0 Å². The Morgan fingerprint density at radius 2 is 1.67 bits per heavy atom. The maximum atomic E-state index is 12.8. The summed E-state index contributed by atoms with van der Waals surface area (Å²) in [6.45, 7) is 7.26. The highest BCUT2D eigenvalue weighted by atomic mass is 16.1. The lowest BCUT2D eigenvalue weighted by atomic mass is 9.84. The molecule has 5 heteroatoms. The van der Waals surface area contributed by atoms with Crippen molar-refractivity contribution in [3.8, 4) is 0 Å². The quantitative estimate of drug-likeness (QED) is 0.507. The minimum atomic E-state index is 0.0445. The molecule has 0 saturated heterocycles. The summed E-state index contributed by atoms with van der Waals surface area (Å²) in [5.41, 5.74) is 5.42. The number of nitrogens with zero attached hydrogens (tertiary/aromatic N) is 2. The lowest BCUT2D eigenvalue weighted by Gasteiger charge is -2.31. The average molecular weight is 490 g/mol. The van der Waals surface area contributed by atoms with E-state index in [4.69, 9.17) is 0 Å². The largest absolute Gasteiger partial charge is 0.378 e. The van der Waals surface area contributed by atoms with E-state index in [-0.39, 0.29) is 23.7 Å². The van der Waals surface area contributed by atoms with E-state index in [0.717, 1.165) is 68.0 Å². The highest BCUT2D eigenvalue weighted by molar-refractivity contribution is 5.97. The molecule has 0 radical (unpaired) electrons. The number of hydrogen-bond donors (Lipinski definition) is 1. The number of Topliss-reactive ketones (excluding diaryl/α,β-unsaturated/α-hetero) is 1. The van der Waals surface area contributed by atoms with Crippen molar-refractivity contribution in [2.75, 3.05) is 38.6 Å². The summed E-state index contributed by atoms with van der Waals surface area (Å²) < 4.78 is 0. The third-order valence-corrected chi connectivity index (χ3v) is 8.07. The van der Waals surface area contributed by atoms with E-state index in [9.17, 15) is 9.59 Å². The molecule has 2 aromatic carbocycles. The second kappa shape index (κ2) is 12.1. The van der Waals surface area contributed by atoms with Crippen LogP contribution in [0.4, 0.5) is 5.69 Å².